The summed E-state index contributed by atoms with van der Waals surface area (Å²) < 4.78 is 2.72. The van der Waals surface area contributed by atoms with E-state index in [1.807, 2.05) is 36.4 Å². The van der Waals surface area contributed by atoms with Gasteiger partial charge in [0.15, 0.2) is 0 Å². The van der Waals surface area contributed by atoms with Gasteiger partial charge in [0.05, 0.1) is 27.6 Å². The molecule has 0 atom stereocenters. The lowest BCUT2D eigenvalue weighted by Crippen LogP contribution is -1.94. The van der Waals surface area contributed by atoms with Gasteiger partial charge in [0.2, 0.25) is 0 Å². The summed E-state index contributed by atoms with van der Waals surface area (Å²) in [4.78, 5) is 0. The molecule has 0 aliphatic carbocycles. The van der Waals surface area contributed by atoms with E-state index in [0.29, 0.717) is 21.4 Å². The highest BCUT2D eigenvalue weighted by Crippen LogP contribution is 2.35. The van der Waals surface area contributed by atoms with Crippen LogP contribution in [0, 0.1) is 0 Å². The molecule has 0 fully saturated rings. The van der Waals surface area contributed by atoms with Crippen LogP contribution in [0.3, 0.4) is 0 Å². The summed E-state index contributed by atoms with van der Waals surface area (Å²) in [5.41, 5.74) is 8.86. The number of anilines is 1. The van der Waals surface area contributed by atoms with Crippen molar-refractivity contribution >= 4 is 44.8 Å². The Bertz CT molecular complexity index is 797. The van der Waals surface area contributed by atoms with Gasteiger partial charge in [0.1, 0.15) is 5.69 Å². The molecule has 0 saturated heterocycles. The molecule has 21 heavy (non-hydrogen) atoms. The van der Waals surface area contributed by atoms with Gasteiger partial charge >= 0.3 is 0 Å². The lowest BCUT2D eigenvalue weighted by atomic mass is 10.1. The van der Waals surface area contributed by atoms with E-state index in [4.69, 9.17) is 28.9 Å². The average molecular weight is 383 g/mol. The first-order chi connectivity index (χ1) is 10.1. The number of nitrogens with zero attached hydrogens (tertiary/aromatic N) is 2. The third kappa shape index (κ3) is 2.79. The molecule has 0 unspecified atom stereocenters. The van der Waals surface area contributed by atoms with Crippen molar-refractivity contribution < 1.29 is 0 Å². The molecule has 2 N–H and O–H groups in total. The Balaban J connectivity index is 2.10. The van der Waals surface area contributed by atoms with E-state index < -0.39 is 0 Å². The van der Waals surface area contributed by atoms with Gasteiger partial charge < -0.3 is 5.73 Å². The Morgan fingerprint density at radius 1 is 1.05 bits per heavy atom. The summed E-state index contributed by atoms with van der Waals surface area (Å²) in [6, 6.07) is 13.2. The van der Waals surface area contributed by atoms with E-state index in [1.165, 1.54) is 0 Å². The van der Waals surface area contributed by atoms with E-state index in [9.17, 15) is 0 Å². The molecule has 3 nitrogen and oxygen atoms in total. The zero-order chi connectivity index (χ0) is 15.0. The Labute approximate surface area is 140 Å². The Morgan fingerprint density at radius 3 is 2.48 bits per heavy atom. The molecular formula is C15H10BrCl2N3. The molecule has 0 saturated carbocycles. The molecule has 0 bridgehead atoms. The first kappa shape index (κ1) is 14.4. The zero-order valence-corrected chi connectivity index (χ0v) is 13.8. The van der Waals surface area contributed by atoms with Crippen molar-refractivity contribution in [1.82, 2.24) is 9.78 Å². The van der Waals surface area contributed by atoms with E-state index in [-0.39, 0.29) is 0 Å². The lowest BCUT2D eigenvalue weighted by molar-refractivity contribution is 0.884. The molecule has 6 heteroatoms. The molecule has 1 aromatic heterocycles. The van der Waals surface area contributed by atoms with Gasteiger partial charge in [-0.05, 0) is 30.3 Å². The van der Waals surface area contributed by atoms with Crippen molar-refractivity contribution in [2.75, 3.05) is 5.73 Å². The number of halogens is 3. The summed E-state index contributed by atoms with van der Waals surface area (Å²) in [6.07, 6.45) is 1.76. The summed E-state index contributed by atoms with van der Waals surface area (Å²) in [6.45, 7) is 0. The maximum Gasteiger partial charge on any atom is 0.117 e. The molecule has 0 amide bonds. The highest BCUT2D eigenvalue weighted by molar-refractivity contribution is 9.10. The van der Waals surface area contributed by atoms with Crippen LogP contribution in [0.2, 0.25) is 10.0 Å². The number of nitrogen functional groups attached to an aromatic ring is 1. The predicted octanol–water partition coefficient (Wildman–Crippen LogP) is 5.19. The summed E-state index contributed by atoms with van der Waals surface area (Å²) in [5, 5.41) is 5.44. The fourth-order valence-electron chi connectivity index (χ4n) is 2.01. The second-order valence-electron chi connectivity index (χ2n) is 4.46. The van der Waals surface area contributed by atoms with E-state index in [2.05, 4.69) is 21.0 Å². The second-order valence-corrected chi connectivity index (χ2v) is 6.16. The molecule has 3 aromatic rings. The van der Waals surface area contributed by atoms with E-state index >= 15 is 0 Å². The molecule has 0 spiro atoms. The van der Waals surface area contributed by atoms with E-state index in [1.54, 1.807) is 16.9 Å². The molecule has 106 valence electrons. The number of hydrogen-bond donors (Lipinski definition) is 1. The van der Waals surface area contributed by atoms with Crippen molar-refractivity contribution in [3.63, 3.8) is 0 Å². The van der Waals surface area contributed by atoms with Crippen molar-refractivity contribution in [1.29, 1.82) is 0 Å². The monoisotopic (exact) mass is 381 g/mol. The van der Waals surface area contributed by atoms with Crippen LogP contribution in [-0.2, 0) is 0 Å². The Morgan fingerprint density at radius 2 is 1.76 bits per heavy atom. The number of hydrogen-bond acceptors (Lipinski definition) is 2. The number of nitrogens with two attached hydrogens (primary N) is 1. The molecule has 3 rings (SSSR count). The molecular weight excluding hydrogens is 373 g/mol. The minimum Gasteiger partial charge on any atom is -0.396 e. The van der Waals surface area contributed by atoms with Gasteiger partial charge in [0, 0.05) is 10.0 Å². The molecule has 2 aromatic carbocycles. The predicted molar refractivity (Wildman–Crippen MR) is 91.1 cm³/mol. The summed E-state index contributed by atoms with van der Waals surface area (Å²) in [7, 11) is 0. The molecule has 0 aliphatic heterocycles. The van der Waals surface area contributed by atoms with Crippen LogP contribution in [0.15, 0.2) is 53.1 Å². The van der Waals surface area contributed by atoms with Gasteiger partial charge in [-0.15, -0.1) is 0 Å². The topological polar surface area (TPSA) is 43.8 Å². The molecule has 0 radical (unpaired) electrons. The first-order valence-electron chi connectivity index (χ1n) is 6.12. The van der Waals surface area contributed by atoms with Crippen molar-refractivity contribution in [2.24, 2.45) is 0 Å². The van der Waals surface area contributed by atoms with Gasteiger partial charge in [0.25, 0.3) is 0 Å². The average Bonchev–Trinajstić information content (AvgIpc) is 2.84. The highest BCUT2D eigenvalue weighted by Gasteiger charge is 2.14. The zero-order valence-electron chi connectivity index (χ0n) is 10.7. The fourth-order valence-corrected chi connectivity index (χ4v) is 2.66. The van der Waals surface area contributed by atoms with Crippen LogP contribution in [-0.4, -0.2) is 9.78 Å². The van der Waals surface area contributed by atoms with Gasteiger partial charge in [-0.25, -0.2) is 4.68 Å². The third-order valence-corrected chi connectivity index (χ3v) is 4.39. The smallest absolute Gasteiger partial charge is 0.117 e. The first-order valence-corrected chi connectivity index (χ1v) is 7.66. The molecule has 0 aliphatic rings. The van der Waals surface area contributed by atoms with Crippen molar-refractivity contribution in [2.45, 2.75) is 0 Å². The maximum atomic E-state index is 6.23. The second kappa shape index (κ2) is 5.72. The quantitative estimate of drug-likeness (QED) is 0.662. The third-order valence-electron chi connectivity index (χ3n) is 3.04. The normalized spacial score (nSPS) is 10.8. The minimum absolute atomic E-state index is 0.451. The SMILES string of the molecule is Nc1cn(-c2ccc(Br)cc2)nc1-c1cccc(Cl)c1Cl. The maximum absolute atomic E-state index is 6.23. The van der Waals surface area contributed by atoms with Crippen LogP contribution in [0.1, 0.15) is 0 Å². The van der Waals surface area contributed by atoms with Crippen molar-refractivity contribution in [3.8, 4) is 16.9 Å². The van der Waals surface area contributed by atoms with Crippen LogP contribution >= 0.6 is 39.1 Å². The number of rotatable bonds is 2. The summed E-state index contributed by atoms with van der Waals surface area (Å²) >= 11 is 15.7. The van der Waals surface area contributed by atoms with Crippen molar-refractivity contribution in [3.05, 3.63) is 63.2 Å². The standard InChI is InChI=1S/C15H10BrCl2N3/c16-9-4-6-10(7-5-9)21-8-13(19)15(20-21)11-2-1-3-12(17)14(11)18/h1-8H,19H2. The molecule has 1 heterocycles. The van der Waals surface area contributed by atoms with E-state index in [0.717, 1.165) is 15.7 Å². The van der Waals surface area contributed by atoms with Crippen LogP contribution in [0.4, 0.5) is 5.69 Å². The van der Waals surface area contributed by atoms with Gasteiger partial charge in [-0.1, -0.05) is 51.3 Å². The van der Waals surface area contributed by atoms with Crippen LogP contribution in [0.25, 0.3) is 16.9 Å². The Hall–Kier alpha value is -1.49. The lowest BCUT2D eigenvalue weighted by Gasteiger charge is -2.04. The van der Waals surface area contributed by atoms with Gasteiger partial charge in [-0.2, -0.15) is 5.10 Å². The van der Waals surface area contributed by atoms with Crippen LogP contribution in [0.5, 0.6) is 0 Å². The largest absolute Gasteiger partial charge is 0.396 e. The summed E-state index contributed by atoms with van der Waals surface area (Å²) in [5.74, 6) is 0. The number of benzene rings is 2. The van der Waals surface area contributed by atoms with Crippen LogP contribution < -0.4 is 5.73 Å². The number of aromatic nitrogens is 2. The highest BCUT2D eigenvalue weighted by atomic mass is 79.9. The minimum atomic E-state index is 0.451. The Kier molecular flexibility index (Phi) is 3.93. The van der Waals surface area contributed by atoms with Gasteiger partial charge in [-0.3, -0.25) is 0 Å². The fraction of sp³-hybridized carbons (Fsp3) is 0.